The van der Waals surface area contributed by atoms with Gasteiger partial charge in [0.05, 0.1) is 4.92 Å². The van der Waals surface area contributed by atoms with Gasteiger partial charge in [0, 0.05) is 18.7 Å². The van der Waals surface area contributed by atoms with Crippen LogP contribution in [-0.2, 0) is 0 Å². The van der Waals surface area contributed by atoms with Gasteiger partial charge < -0.3 is 4.90 Å². The van der Waals surface area contributed by atoms with E-state index in [1.54, 1.807) is 30.0 Å². The van der Waals surface area contributed by atoms with Crippen molar-refractivity contribution in [2.24, 2.45) is 11.8 Å². The molecule has 0 N–H and O–H groups in total. The van der Waals surface area contributed by atoms with Gasteiger partial charge in [-0.2, -0.15) is 0 Å². The molecule has 1 amide bonds. The summed E-state index contributed by atoms with van der Waals surface area (Å²) < 4.78 is 0. The van der Waals surface area contributed by atoms with Crippen molar-refractivity contribution < 1.29 is 9.72 Å². The van der Waals surface area contributed by atoms with Gasteiger partial charge in [0.25, 0.3) is 11.6 Å². The van der Waals surface area contributed by atoms with Crippen molar-refractivity contribution in [3.63, 3.8) is 0 Å². The lowest BCUT2D eigenvalue weighted by Gasteiger charge is -2.35. The number of nitro groups is 1. The van der Waals surface area contributed by atoms with Crippen molar-refractivity contribution in [1.29, 1.82) is 0 Å². The van der Waals surface area contributed by atoms with Crippen molar-refractivity contribution in [2.45, 2.75) is 27.2 Å². The fourth-order valence-electron chi connectivity index (χ4n) is 3.07. The van der Waals surface area contributed by atoms with Gasteiger partial charge in [-0.05, 0) is 31.2 Å². The molecule has 1 aliphatic rings. The normalized spacial score (nSPS) is 22.6. The molecule has 1 saturated heterocycles. The standard InChI is InChI=1S/C15H20N2O3/c1-10-7-11(2)9-16(8-10)15(18)13-6-4-5-12(3)14(13)17(19)20/h4-6,10-11H,7-9H2,1-3H3. The molecule has 1 fully saturated rings. The van der Waals surface area contributed by atoms with Crippen molar-refractivity contribution in [3.8, 4) is 0 Å². The number of benzene rings is 1. The lowest BCUT2D eigenvalue weighted by Crippen LogP contribution is -2.42. The van der Waals surface area contributed by atoms with Gasteiger partial charge in [-0.1, -0.05) is 26.0 Å². The van der Waals surface area contributed by atoms with Crippen LogP contribution in [0.1, 0.15) is 36.2 Å². The highest BCUT2D eigenvalue weighted by Gasteiger charge is 2.30. The van der Waals surface area contributed by atoms with Crippen LogP contribution in [0.3, 0.4) is 0 Å². The molecule has 5 heteroatoms. The Balaban J connectivity index is 2.34. The quantitative estimate of drug-likeness (QED) is 0.616. The SMILES string of the molecule is Cc1cccc(C(=O)N2CC(C)CC(C)C2)c1[N+](=O)[O-]. The Morgan fingerprint density at radius 3 is 2.45 bits per heavy atom. The van der Waals surface area contributed by atoms with Gasteiger partial charge in [0.1, 0.15) is 5.56 Å². The molecule has 0 bridgehead atoms. The summed E-state index contributed by atoms with van der Waals surface area (Å²) >= 11 is 0. The van der Waals surface area contributed by atoms with Crippen LogP contribution in [0, 0.1) is 28.9 Å². The number of carbonyl (C=O) groups excluding carboxylic acids is 1. The molecule has 0 radical (unpaired) electrons. The summed E-state index contributed by atoms with van der Waals surface area (Å²) in [6.45, 7) is 7.24. The van der Waals surface area contributed by atoms with Crippen molar-refractivity contribution >= 4 is 11.6 Å². The number of hydrogen-bond donors (Lipinski definition) is 0. The first-order valence-electron chi connectivity index (χ1n) is 6.93. The predicted octanol–water partition coefficient (Wildman–Crippen LogP) is 3.02. The topological polar surface area (TPSA) is 63.5 Å². The summed E-state index contributed by atoms with van der Waals surface area (Å²) in [6.07, 6.45) is 1.10. The Kier molecular flexibility index (Phi) is 4.06. The first-order valence-corrected chi connectivity index (χ1v) is 6.93. The van der Waals surface area contributed by atoms with E-state index in [4.69, 9.17) is 0 Å². The molecular weight excluding hydrogens is 256 g/mol. The van der Waals surface area contributed by atoms with E-state index in [1.165, 1.54) is 0 Å². The van der Waals surface area contributed by atoms with E-state index >= 15 is 0 Å². The minimum absolute atomic E-state index is 0.0663. The van der Waals surface area contributed by atoms with Gasteiger partial charge in [0.2, 0.25) is 0 Å². The fraction of sp³-hybridized carbons (Fsp3) is 0.533. The zero-order chi connectivity index (χ0) is 14.9. The number of carbonyl (C=O) groups is 1. The number of likely N-dealkylation sites (tertiary alicyclic amines) is 1. The van der Waals surface area contributed by atoms with Crippen LogP contribution >= 0.6 is 0 Å². The van der Waals surface area contributed by atoms with Gasteiger partial charge in [-0.15, -0.1) is 0 Å². The third-order valence-corrected chi connectivity index (χ3v) is 3.81. The van der Waals surface area contributed by atoms with E-state index in [0.29, 0.717) is 30.5 Å². The fourth-order valence-corrected chi connectivity index (χ4v) is 3.07. The van der Waals surface area contributed by atoms with Crippen LogP contribution < -0.4 is 0 Å². The van der Waals surface area contributed by atoms with Crippen molar-refractivity contribution in [1.82, 2.24) is 4.90 Å². The summed E-state index contributed by atoms with van der Waals surface area (Å²) in [5, 5.41) is 11.2. The van der Waals surface area contributed by atoms with Gasteiger partial charge >= 0.3 is 0 Å². The number of amides is 1. The molecule has 1 heterocycles. The summed E-state index contributed by atoms with van der Waals surface area (Å²) in [5.41, 5.74) is 0.665. The smallest absolute Gasteiger partial charge is 0.285 e. The monoisotopic (exact) mass is 276 g/mol. The second-order valence-electron chi connectivity index (χ2n) is 5.88. The van der Waals surface area contributed by atoms with Gasteiger partial charge in [-0.3, -0.25) is 14.9 Å². The van der Waals surface area contributed by atoms with Crippen molar-refractivity contribution in [2.75, 3.05) is 13.1 Å². The maximum Gasteiger partial charge on any atom is 0.285 e. The summed E-state index contributed by atoms with van der Waals surface area (Å²) in [7, 11) is 0. The second-order valence-corrected chi connectivity index (χ2v) is 5.88. The van der Waals surface area contributed by atoms with Gasteiger partial charge in [-0.25, -0.2) is 0 Å². The van der Waals surface area contributed by atoms with Gasteiger partial charge in [0.15, 0.2) is 0 Å². The third-order valence-electron chi connectivity index (χ3n) is 3.81. The number of nitro benzene ring substituents is 1. The maximum atomic E-state index is 12.6. The average molecular weight is 276 g/mol. The number of hydrogen-bond acceptors (Lipinski definition) is 3. The van der Waals surface area contributed by atoms with Crippen LogP contribution in [0.4, 0.5) is 5.69 Å². The highest BCUT2D eigenvalue weighted by molar-refractivity contribution is 5.98. The minimum Gasteiger partial charge on any atom is -0.338 e. The molecule has 2 unspecified atom stereocenters. The molecule has 20 heavy (non-hydrogen) atoms. The van der Waals surface area contributed by atoms with E-state index in [-0.39, 0.29) is 17.2 Å². The van der Waals surface area contributed by atoms with Crippen LogP contribution in [0.15, 0.2) is 18.2 Å². The summed E-state index contributed by atoms with van der Waals surface area (Å²) in [4.78, 5) is 25.1. The Hall–Kier alpha value is -1.91. The molecule has 5 nitrogen and oxygen atoms in total. The first kappa shape index (κ1) is 14.5. The summed E-state index contributed by atoms with van der Waals surface area (Å²) in [5.74, 6) is 0.650. The Morgan fingerprint density at radius 1 is 1.30 bits per heavy atom. The van der Waals surface area contributed by atoms with Crippen molar-refractivity contribution in [3.05, 3.63) is 39.4 Å². The Labute approximate surface area is 118 Å². The molecule has 0 spiro atoms. The Morgan fingerprint density at radius 2 is 1.90 bits per heavy atom. The number of nitrogens with zero attached hydrogens (tertiary/aromatic N) is 2. The minimum atomic E-state index is -0.459. The molecule has 0 aliphatic carbocycles. The second kappa shape index (κ2) is 5.61. The lowest BCUT2D eigenvalue weighted by molar-refractivity contribution is -0.385. The molecule has 2 rings (SSSR count). The molecular formula is C15H20N2O3. The first-order chi connectivity index (χ1) is 9.40. The average Bonchev–Trinajstić information content (AvgIpc) is 2.35. The molecule has 1 aromatic carbocycles. The maximum absolute atomic E-state index is 12.6. The highest BCUT2D eigenvalue weighted by Crippen LogP contribution is 2.27. The van der Waals surface area contributed by atoms with E-state index in [0.717, 1.165) is 6.42 Å². The van der Waals surface area contributed by atoms with E-state index < -0.39 is 4.92 Å². The number of aryl methyl sites for hydroxylation is 1. The van der Waals surface area contributed by atoms with Crippen LogP contribution in [0.2, 0.25) is 0 Å². The molecule has 2 atom stereocenters. The summed E-state index contributed by atoms with van der Waals surface area (Å²) in [6, 6.07) is 4.92. The lowest BCUT2D eigenvalue weighted by atomic mass is 9.91. The number of piperidine rings is 1. The number of para-hydroxylation sites is 1. The Bertz CT molecular complexity index is 532. The third kappa shape index (κ3) is 2.81. The predicted molar refractivity (Wildman–Crippen MR) is 76.7 cm³/mol. The highest BCUT2D eigenvalue weighted by atomic mass is 16.6. The molecule has 0 aromatic heterocycles. The van der Waals surface area contributed by atoms with Crippen LogP contribution in [-0.4, -0.2) is 28.8 Å². The van der Waals surface area contributed by atoms with E-state index in [9.17, 15) is 14.9 Å². The molecule has 108 valence electrons. The van der Waals surface area contributed by atoms with E-state index in [1.807, 2.05) is 0 Å². The molecule has 1 aliphatic heterocycles. The number of rotatable bonds is 2. The molecule has 0 saturated carbocycles. The van der Waals surface area contributed by atoms with Crippen LogP contribution in [0.25, 0.3) is 0 Å². The molecule has 1 aromatic rings. The zero-order valence-corrected chi connectivity index (χ0v) is 12.1. The van der Waals surface area contributed by atoms with E-state index in [2.05, 4.69) is 13.8 Å². The van der Waals surface area contributed by atoms with Crippen LogP contribution in [0.5, 0.6) is 0 Å². The largest absolute Gasteiger partial charge is 0.338 e. The zero-order valence-electron chi connectivity index (χ0n) is 12.1.